The summed E-state index contributed by atoms with van der Waals surface area (Å²) in [6, 6.07) is 15.4. The van der Waals surface area contributed by atoms with Crippen molar-refractivity contribution in [3.63, 3.8) is 0 Å². The fourth-order valence-electron chi connectivity index (χ4n) is 5.03. The summed E-state index contributed by atoms with van der Waals surface area (Å²) >= 11 is 0. The van der Waals surface area contributed by atoms with Gasteiger partial charge in [-0.2, -0.15) is 5.10 Å². The maximum absolute atomic E-state index is 13.4. The summed E-state index contributed by atoms with van der Waals surface area (Å²) < 4.78 is 17.6. The van der Waals surface area contributed by atoms with E-state index in [2.05, 4.69) is 55.3 Å². The highest BCUT2D eigenvalue weighted by Gasteiger charge is 2.25. The first-order chi connectivity index (χ1) is 15.7. The number of nitrogens with zero attached hydrogens (tertiary/aromatic N) is 5. The molecule has 4 aromatic rings. The lowest BCUT2D eigenvalue weighted by Gasteiger charge is -2.21. The van der Waals surface area contributed by atoms with E-state index >= 15 is 0 Å². The lowest BCUT2D eigenvalue weighted by atomic mass is 10.1. The van der Waals surface area contributed by atoms with Crippen molar-refractivity contribution in [2.24, 2.45) is 5.92 Å². The van der Waals surface area contributed by atoms with Crippen LogP contribution in [0.4, 0.5) is 10.1 Å². The summed E-state index contributed by atoms with van der Waals surface area (Å²) in [5.74, 6) is 1.28. The van der Waals surface area contributed by atoms with Gasteiger partial charge in [0.25, 0.3) is 0 Å². The van der Waals surface area contributed by atoms with Crippen molar-refractivity contribution < 1.29 is 4.39 Å². The van der Waals surface area contributed by atoms with E-state index in [9.17, 15) is 4.39 Å². The van der Waals surface area contributed by atoms with Crippen molar-refractivity contribution in [1.82, 2.24) is 24.6 Å². The number of nitrogens with one attached hydrogen (secondary N) is 1. The normalized spacial score (nSPS) is 17.1. The number of hydrogen-bond donors (Lipinski definition) is 1. The molecule has 1 saturated heterocycles. The monoisotopic (exact) mass is 428 g/mol. The second-order valence-electron chi connectivity index (χ2n) is 8.72. The van der Waals surface area contributed by atoms with Gasteiger partial charge < -0.3 is 14.8 Å². The lowest BCUT2D eigenvalue weighted by molar-refractivity contribution is 0.549. The molecule has 0 aliphatic carbocycles. The summed E-state index contributed by atoms with van der Waals surface area (Å²) in [4.78, 5) is 7.04. The molecule has 1 fully saturated rings. The average Bonchev–Trinajstić information content (AvgIpc) is 3.53. The van der Waals surface area contributed by atoms with Gasteiger partial charge in [0.2, 0.25) is 0 Å². The van der Waals surface area contributed by atoms with Gasteiger partial charge in [-0.25, -0.2) is 14.1 Å². The van der Waals surface area contributed by atoms with Gasteiger partial charge in [-0.1, -0.05) is 12.1 Å². The SMILES string of the molecule is CNC[C@H]1CCN(c2ccc3c(c2)Cn2cc(-c4ccc(F)cc4)cc2-c2ncnn2-3)C1. The Morgan fingerprint density at radius 3 is 2.81 bits per heavy atom. The Hall–Kier alpha value is -3.45. The second-order valence-corrected chi connectivity index (χ2v) is 8.72. The minimum absolute atomic E-state index is 0.227. The van der Waals surface area contributed by atoms with Gasteiger partial charge in [0, 0.05) is 37.1 Å². The van der Waals surface area contributed by atoms with Crippen LogP contribution in [0.2, 0.25) is 0 Å². The van der Waals surface area contributed by atoms with Gasteiger partial charge >= 0.3 is 0 Å². The first-order valence-electron chi connectivity index (χ1n) is 11.1. The molecule has 32 heavy (non-hydrogen) atoms. The zero-order valence-corrected chi connectivity index (χ0v) is 18.0. The van der Waals surface area contributed by atoms with Gasteiger partial charge in [0.1, 0.15) is 12.1 Å². The molecule has 2 aliphatic rings. The summed E-state index contributed by atoms with van der Waals surface area (Å²) in [7, 11) is 2.02. The molecule has 0 amide bonds. The first-order valence-corrected chi connectivity index (χ1v) is 11.1. The molecule has 2 aliphatic heterocycles. The van der Waals surface area contributed by atoms with E-state index in [4.69, 9.17) is 0 Å². The average molecular weight is 429 g/mol. The molecule has 1 atom stereocenters. The lowest BCUT2D eigenvalue weighted by Crippen LogP contribution is -2.24. The molecule has 2 aromatic carbocycles. The number of hydrogen-bond acceptors (Lipinski definition) is 4. The standard InChI is InChI=1S/C25H25FN6/c1-27-12-17-8-9-30(13-17)22-6-7-23-20(10-22)15-31-14-19(18-2-4-21(26)5-3-18)11-24(31)25-28-16-29-32(23)25/h2-7,10-11,14,16-17,27H,8-9,12-13,15H2,1H3/t17-/m1/s1. The van der Waals surface area contributed by atoms with Crippen LogP contribution < -0.4 is 10.2 Å². The van der Waals surface area contributed by atoms with Crippen molar-refractivity contribution in [3.8, 4) is 28.3 Å². The van der Waals surface area contributed by atoms with Gasteiger partial charge in [0.15, 0.2) is 5.82 Å². The van der Waals surface area contributed by atoms with Crippen LogP contribution in [-0.2, 0) is 6.54 Å². The highest BCUT2D eigenvalue weighted by Crippen LogP contribution is 2.35. The number of benzene rings is 2. The Labute approximate surface area is 186 Å². The smallest absolute Gasteiger partial charge is 0.179 e. The molecular formula is C25H25FN6. The van der Waals surface area contributed by atoms with E-state index in [-0.39, 0.29) is 5.82 Å². The molecule has 7 heteroatoms. The van der Waals surface area contributed by atoms with Crippen LogP contribution in [0.25, 0.3) is 28.3 Å². The van der Waals surface area contributed by atoms with E-state index in [0.717, 1.165) is 54.5 Å². The van der Waals surface area contributed by atoms with Crippen LogP contribution in [0, 0.1) is 11.7 Å². The highest BCUT2D eigenvalue weighted by atomic mass is 19.1. The molecule has 0 bridgehead atoms. The van der Waals surface area contributed by atoms with Crippen LogP contribution in [0.1, 0.15) is 12.0 Å². The third-order valence-electron chi connectivity index (χ3n) is 6.63. The molecular weight excluding hydrogens is 403 g/mol. The number of fused-ring (bicyclic) bond motifs is 5. The van der Waals surface area contributed by atoms with E-state index in [1.807, 2.05) is 23.9 Å². The third-order valence-corrected chi connectivity index (χ3v) is 6.63. The van der Waals surface area contributed by atoms with Crippen molar-refractivity contribution in [3.05, 3.63) is 72.4 Å². The molecule has 6 nitrogen and oxygen atoms in total. The minimum atomic E-state index is -0.227. The van der Waals surface area contributed by atoms with Crippen LogP contribution in [-0.4, -0.2) is 46.0 Å². The zero-order chi connectivity index (χ0) is 21.7. The fraction of sp³-hybridized carbons (Fsp3) is 0.280. The number of aromatic nitrogens is 4. The Morgan fingerprint density at radius 1 is 1.09 bits per heavy atom. The number of halogens is 1. The maximum atomic E-state index is 13.4. The summed E-state index contributed by atoms with van der Waals surface area (Å²) in [6.45, 7) is 3.96. The molecule has 6 rings (SSSR count). The molecule has 2 aromatic heterocycles. The third kappa shape index (κ3) is 3.20. The molecule has 162 valence electrons. The van der Waals surface area contributed by atoms with Gasteiger partial charge in [-0.3, -0.25) is 0 Å². The molecule has 4 heterocycles. The second kappa shape index (κ2) is 7.60. The topological polar surface area (TPSA) is 50.9 Å². The molecule has 0 unspecified atom stereocenters. The Kier molecular flexibility index (Phi) is 4.57. The largest absolute Gasteiger partial charge is 0.371 e. The first kappa shape index (κ1) is 19.3. The van der Waals surface area contributed by atoms with Crippen LogP contribution >= 0.6 is 0 Å². The Balaban J connectivity index is 1.39. The van der Waals surface area contributed by atoms with Crippen molar-refractivity contribution in [2.75, 3.05) is 31.6 Å². The Bertz CT molecular complexity index is 1270. The quantitative estimate of drug-likeness (QED) is 0.471. The van der Waals surface area contributed by atoms with Gasteiger partial charge in [0.05, 0.1) is 11.4 Å². The molecule has 1 N–H and O–H groups in total. The van der Waals surface area contributed by atoms with Crippen LogP contribution in [0.3, 0.4) is 0 Å². The van der Waals surface area contributed by atoms with Crippen molar-refractivity contribution in [2.45, 2.75) is 13.0 Å². The predicted octanol–water partition coefficient (Wildman–Crippen LogP) is 3.95. The van der Waals surface area contributed by atoms with E-state index in [1.54, 1.807) is 6.33 Å². The van der Waals surface area contributed by atoms with Gasteiger partial charge in [-0.15, -0.1) is 0 Å². The summed E-state index contributed by atoms with van der Waals surface area (Å²) in [6.07, 6.45) is 4.95. The predicted molar refractivity (Wildman–Crippen MR) is 124 cm³/mol. The van der Waals surface area contributed by atoms with Gasteiger partial charge in [-0.05, 0) is 73.5 Å². The highest BCUT2D eigenvalue weighted by molar-refractivity contribution is 5.71. The summed E-state index contributed by atoms with van der Waals surface area (Å²) in [5.41, 5.74) is 6.59. The number of rotatable bonds is 4. The fourth-order valence-corrected chi connectivity index (χ4v) is 5.03. The molecule has 0 radical (unpaired) electrons. The van der Waals surface area contributed by atoms with Crippen molar-refractivity contribution in [1.29, 1.82) is 0 Å². The molecule has 0 spiro atoms. The van der Waals surface area contributed by atoms with E-state index < -0.39 is 0 Å². The van der Waals surface area contributed by atoms with Crippen molar-refractivity contribution >= 4 is 5.69 Å². The summed E-state index contributed by atoms with van der Waals surface area (Å²) in [5, 5.41) is 7.84. The van der Waals surface area contributed by atoms with E-state index in [0.29, 0.717) is 5.92 Å². The Morgan fingerprint density at radius 2 is 1.97 bits per heavy atom. The maximum Gasteiger partial charge on any atom is 0.179 e. The van der Waals surface area contributed by atoms with Crippen LogP contribution in [0.5, 0.6) is 0 Å². The number of anilines is 1. The minimum Gasteiger partial charge on any atom is -0.371 e. The van der Waals surface area contributed by atoms with Crippen LogP contribution in [0.15, 0.2) is 61.1 Å². The zero-order valence-electron chi connectivity index (χ0n) is 18.0. The van der Waals surface area contributed by atoms with E-state index in [1.165, 1.54) is 29.8 Å². The molecule has 0 saturated carbocycles.